The number of rotatable bonds is 2. The molecule has 82 valence electrons. The van der Waals surface area contributed by atoms with Crippen molar-refractivity contribution in [1.29, 1.82) is 0 Å². The first kappa shape index (κ1) is 10.8. The number of nitrogens with zero attached hydrogens (tertiary/aromatic N) is 1. The van der Waals surface area contributed by atoms with Gasteiger partial charge in [0.05, 0.1) is 5.52 Å². The molecule has 1 aromatic heterocycles. The first-order valence-corrected chi connectivity index (χ1v) is 5.50. The van der Waals surface area contributed by atoms with Gasteiger partial charge in [-0.1, -0.05) is 24.3 Å². The van der Waals surface area contributed by atoms with E-state index in [1.54, 1.807) is 7.05 Å². The van der Waals surface area contributed by atoms with E-state index in [1.165, 1.54) is 0 Å². The smallest absolute Gasteiger partial charge is 0.166 e. The highest BCUT2D eigenvalue weighted by atomic mass is 32.1. The number of benzene rings is 1. The Labute approximate surface area is 99.9 Å². The highest BCUT2D eigenvalue weighted by molar-refractivity contribution is 7.80. The molecule has 1 aromatic carbocycles. The fourth-order valence-electron chi connectivity index (χ4n) is 1.57. The number of pyridine rings is 1. The Kier molecular flexibility index (Phi) is 3.31. The molecule has 0 saturated heterocycles. The second-order valence-electron chi connectivity index (χ2n) is 3.42. The summed E-state index contributed by atoms with van der Waals surface area (Å²) in [5.74, 6) is 0. The van der Waals surface area contributed by atoms with Crippen LogP contribution in [0.3, 0.4) is 0 Å². The van der Waals surface area contributed by atoms with Crippen LogP contribution >= 0.6 is 12.2 Å². The molecule has 0 amide bonds. The maximum absolute atomic E-state index is 5.03. The molecule has 0 aliphatic rings. The van der Waals surface area contributed by atoms with Crippen LogP contribution in [0.5, 0.6) is 0 Å². The first-order valence-electron chi connectivity index (χ1n) is 5.09. The van der Waals surface area contributed by atoms with Crippen LogP contribution in [-0.2, 0) is 6.54 Å². The van der Waals surface area contributed by atoms with Crippen molar-refractivity contribution in [3.63, 3.8) is 0 Å². The number of hydrogen-bond acceptors (Lipinski definition) is 2. The van der Waals surface area contributed by atoms with Gasteiger partial charge >= 0.3 is 0 Å². The Morgan fingerprint density at radius 2 is 2.12 bits per heavy atom. The molecule has 0 aliphatic heterocycles. The van der Waals surface area contributed by atoms with Gasteiger partial charge in [0.25, 0.3) is 0 Å². The largest absolute Gasteiger partial charge is 0.366 e. The van der Waals surface area contributed by atoms with Gasteiger partial charge < -0.3 is 10.6 Å². The maximum atomic E-state index is 5.03. The van der Waals surface area contributed by atoms with Gasteiger partial charge in [0.15, 0.2) is 5.11 Å². The second-order valence-corrected chi connectivity index (χ2v) is 3.83. The molecule has 2 rings (SSSR count). The minimum atomic E-state index is 0.646. The minimum Gasteiger partial charge on any atom is -0.366 e. The lowest BCUT2D eigenvalue weighted by Gasteiger charge is -2.08. The Morgan fingerprint density at radius 3 is 2.94 bits per heavy atom. The molecule has 0 radical (unpaired) electrons. The van der Waals surface area contributed by atoms with Crippen molar-refractivity contribution in [2.45, 2.75) is 6.54 Å². The predicted molar refractivity (Wildman–Crippen MR) is 70.2 cm³/mol. The van der Waals surface area contributed by atoms with Crippen LogP contribution in [0.15, 0.2) is 36.5 Å². The number of fused-ring (bicyclic) bond motifs is 1. The highest BCUT2D eigenvalue weighted by Crippen LogP contribution is 2.15. The molecule has 2 N–H and O–H groups in total. The zero-order valence-electron chi connectivity index (χ0n) is 9.03. The predicted octanol–water partition coefficient (Wildman–Crippen LogP) is 1.83. The third-order valence-corrected chi connectivity index (χ3v) is 2.73. The van der Waals surface area contributed by atoms with Gasteiger partial charge in [-0.3, -0.25) is 4.98 Å². The lowest BCUT2D eigenvalue weighted by molar-refractivity contribution is 0.895. The SMILES string of the molecule is CNC(=S)NCc1cccc2cccnc12. The average molecular weight is 231 g/mol. The molecule has 3 nitrogen and oxygen atoms in total. The lowest BCUT2D eigenvalue weighted by Crippen LogP contribution is -2.31. The molecule has 0 aliphatic carbocycles. The van der Waals surface area contributed by atoms with E-state index in [9.17, 15) is 0 Å². The third-order valence-electron chi connectivity index (χ3n) is 2.38. The Morgan fingerprint density at radius 1 is 1.31 bits per heavy atom. The summed E-state index contributed by atoms with van der Waals surface area (Å²) in [6, 6.07) is 10.1. The van der Waals surface area contributed by atoms with Crippen LogP contribution in [0.25, 0.3) is 10.9 Å². The number of nitrogens with one attached hydrogen (secondary N) is 2. The summed E-state index contributed by atoms with van der Waals surface area (Å²) in [6.07, 6.45) is 1.81. The fraction of sp³-hybridized carbons (Fsp3) is 0.167. The molecule has 0 spiro atoms. The van der Waals surface area contributed by atoms with Gasteiger partial charge in [-0.05, 0) is 23.8 Å². The van der Waals surface area contributed by atoms with Gasteiger partial charge in [-0.25, -0.2) is 0 Å². The zero-order valence-corrected chi connectivity index (χ0v) is 9.84. The van der Waals surface area contributed by atoms with E-state index in [0.717, 1.165) is 16.5 Å². The van der Waals surface area contributed by atoms with Crippen molar-refractivity contribution in [2.75, 3.05) is 7.05 Å². The van der Waals surface area contributed by atoms with Gasteiger partial charge in [-0.2, -0.15) is 0 Å². The Balaban J connectivity index is 2.27. The molecule has 1 heterocycles. The summed E-state index contributed by atoms with van der Waals surface area (Å²) in [5.41, 5.74) is 2.17. The molecule has 0 bridgehead atoms. The van der Waals surface area contributed by atoms with E-state index < -0.39 is 0 Å². The zero-order chi connectivity index (χ0) is 11.4. The molecule has 16 heavy (non-hydrogen) atoms. The van der Waals surface area contributed by atoms with Gasteiger partial charge in [0.2, 0.25) is 0 Å². The summed E-state index contributed by atoms with van der Waals surface area (Å²) in [7, 11) is 1.80. The first-order chi connectivity index (χ1) is 7.81. The Hall–Kier alpha value is -1.68. The van der Waals surface area contributed by atoms with Crippen molar-refractivity contribution < 1.29 is 0 Å². The van der Waals surface area contributed by atoms with E-state index in [4.69, 9.17) is 12.2 Å². The second kappa shape index (κ2) is 4.90. The molecule has 0 unspecified atom stereocenters. The maximum Gasteiger partial charge on any atom is 0.166 e. The van der Waals surface area contributed by atoms with Crippen LogP contribution in [0, 0.1) is 0 Å². The summed E-state index contributed by atoms with van der Waals surface area (Å²) < 4.78 is 0. The fourth-order valence-corrected chi connectivity index (χ4v) is 1.65. The van der Waals surface area contributed by atoms with Crippen LogP contribution in [0.1, 0.15) is 5.56 Å². The third kappa shape index (κ3) is 2.28. The quantitative estimate of drug-likeness (QED) is 0.773. The van der Waals surface area contributed by atoms with Crippen molar-refractivity contribution in [2.24, 2.45) is 0 Å². The van der Waals surface area contributed by atoms with Crippen LogP contribution in [-0.4, -0.2) is 17.1 Å². The van der Waals surface area contributed by atoms with Crippen LogP contribution in [0.4, 0.5) is 0 Å². The van der Waals surface area contributed by atoms with Gasteiger partial charge in [0, 0.05) is 25.2 Å². The number of thiocarbonyl (C=S) groups is 1. The summed E-state index contributed by atoms with van der Waals surface area (Å²) >= 11 is 5.03. The molecular weight excluding hydrogens is 218 g/mol. The standard InChI is InChI=1S/C12H13N3S/c1-13-12(16)15-8-10-5-2-4-9-6-3-7-14-11(9)10/h2-7H,8H2,1H3,(H2,13,15,16). The highest BCUT2D eigenvalue weighted by Gasteiger charge is 2.01. The van der Waals surface area contributed by atoms with Crippen molar-refractivity contribution in [3.05, 3.63) is 42.1 Å². The topological polar surface area (TPSA) is 37.0 Å². The number of aromatic nitrogens is 1. The molecule has 4 heteroatoms. The van der Waals surface area contributed by atoms with Crippen molar-refractivity contribution >= 4 is 28.2 Å². The van der Waals surface area contributed by atoms with E-state index in [2.05, 4.69) is 33.8 Å². The van der Waals surface area contributed by atoms with Gasteiger partial charge in [0.1, 0.15) is 0 Å². The summed E-state index contributed by atoms with van der Waals surface area (Å²) in [5, 5.41) is 7.80. The molecular formula is C12H13N3S. The minimum absolute atomic E-state index is 0.646. The lowest BCUT2D eigenvalue weighted by atomic mass is 10.1. The number of hydrogen-bond donors (Lipinski definition) is 2. The molecule has 2 aromatic rings. The number of para-hydroxylation sites is 1. The van der Waals surface area contributed by atoms with E-state index >= 15 is 0 Å². The van der Waals surface area contributed by atoms with Crippen molar-refractivity contribution in [3.8, 4) is 0 Å². The van der Waals surface area contributed by atoms with Crippen LogP contribution in [0.2, 0.25) is 0 Å². The van der Waals surface area contributed by atoms with E-state index in [-0.39, 0.29) is 0 Å². The van der Waals surface area contributed by atoms with Crippen LogP contribution < -0.4 is 10.6 Å². The van der Waals surface area contributed by atoms with Gasteiger partial charge in [-0.15, -0.1) is 0 Å². The summed E-state index contributed by atoms with van der Waals surface area (Å²) in [4.78, 5) is 4.38. The normalized spacial score (nSPS) is 10.1. The average Bonchev–Trinajstić information content (AvgIpc) is 2.35. The monoisotopic (exact) mass is 231 g/mol. The molecule has 0 fully saturated rings. The summed E-state index contributed by atoms with van der Waals surface area (Å²) in [6.45, 7) is 0.689. The molecule has 0 atom stereocenters. The molecule has 0 saturated carbocycles. The van der Waals surface area contributed by atoms with E-state index in [0.29, 0.717) is 11.7 Å². The van der Waals surface area contributed by atoms with E-state index in [1.807, 2.05) is 18.3 Å². The Bertz CT molecular complexity index is 505. The van der Waals surface area contributed by atoms with Crippen molar-refractivity contribution in [1.82, 2.24) is 15.6 Å².